The van der Waals surface area contributed by atoms with Gasteiger partial charge in [-0.25, -0.2) is 0 Å². The Morgan fingerprint density at radius 2 is 2.00 bits per heavy atom. The molecule has 76 valence electrons. The lowest BCUT2D eigenvalue weighted by Crippen LogP contribution is -1.91. The fraction of sp³-hybridized carbons (Fsp3) is 0.167. The van der Waals surface area contributed by atoms with Crippen molar-refractivity contribution in [3.05, 3.63) is 42.2 Å². The van der Waals surface area contributed by atoms with Crippen molar-refractivity contribution in [2.75, 3.05) is 0 Å². The van der Waals surface area contributed by atoms with Crippen molar-refractivity contribution in [3.63, 3.8) is 0 Å². The molecule has 2 aromatic rings. The lowest BCUT2D eigenvalue weighted by atomic mass is 10.1. The lowest BCUT2D eigenvalue weighted by Gasteiger charge is -1.96. The van der Waals surface area contributed by atoms with E-state index in [0.29, 0.717) is 5.56 Å². The Hall–Kier alpha value is -1.90. The number of benzene rings is 1. The van der Waals surface area contributed by atoms with Gasteiger partial charge in [-0.05, 0) is 12.5 Å². The minimum atomic E-state index is 0.696. The van der Waals surface area contributed by atoms with E-state index in [-0.39, 0.29) is 0 Å². The third-order valence-electron chi connectivity index (χ3n) is 2.34. The van der Waals surface area contributed by atoms with Crippen molar-refractivity contribution >= 4 is 6.29 Å². The molecule has 1 aromatic carbocycles. The molecular weight excluding hydrogens is 188 g/mol. The molecule has 0 bridgehead atoms. The summed E-state index contributed by atoms with van der Waals surface area (Å²) in [4.78, 5) is 10.5. The zero-order valence-corrected chi connectivity index (χ0v) is 8.55. The molecule has 0 N–H and O–H groups in total. The minimum absolute atomic E-state index is 0.696. The van der Waals surface area contributed by atoms with Gasteiger partial charge in [0.2, 0.25) is 0 Å². The van der Waals surface area contributed by atoms with Crippen molar-refractivity contribution in [3.8, 4) is 11.1 Å². The van der Waals surface area contributed by atoms with Crippen LogP contribution in [0.1, 0.15) is 17.3 Å². The molecule has 3 nitrogen and oxygen atoms in total. The van der Waals surface area contributed by atoms with E-state index in [1.807, 2.05) is 48.3 Å². The summed E-state index contributed by atoms with van der Waals surface area (Å²) in [5.74, 6) is 0. The van der Waals surface area contributed by atoms with Crippen LogP contribution in [0.4, 0.5) is 0 Å². The van der Waals surface area contributed by atoms with Gasteiger partial charge < -0.3 is 0 Å². The number of aldehydes is 1. The fourth-order valence-corrected chi connectivity index (χ4v) is 1.44. The van der Waals surface area contributed by atoms with E-state index in [1.54, 1.807) is 0 Å². The average molecular weight is 200 g/mol. The Kier molecular flexibility index (Phi) is 2.63. The summed E-state index contributed by atoms with van der Waals surface area (Å²) in [6, 6.07) is 7.48. The van der Waals surface area contributed by atoms with Gasteiger partial charge in [0.25, 0.3) is 0 Å². The van der Waals surface area contributed by atoms with E-state index >= 15 is 0 Å². The van der Waals surface area contributed by atoms with Crippen LogP contribution >= 0.6 is 0 Å². The molecule has 0 atom stereocenters. The molecule has 0 amide bonds. The van der Waals surface area contributed by atoms with Crippen molar-refractivity contribution < 1.29 is 4.79 Å². The minimum Gasteiger partial charge on any atom is -0.298 e. The first-order valence-corrected chi connectivity index (χ1v) is 4.91. The molecule has 1 heterocycles. The highest BCUT2D eigenvalue weighted by Gasteiger charge is 2.00. The first-order valence-electron chi connectivity index (χ1n) is 4.91. The molecule has 2 rings (SSSR count). The Balaban J connectivity index is 2.32. The van der Waals surface area contributed by atoms with Crippen molar-refractivity contribution in [2.24, 2.45) is 0 Å². The molecule has 0 aliphatic rings. The number of aryl methyl sites for hydroxylation is 1. The maximum Gasteiger partial charge on any atom is 0.150 e. The third kappa shape index (κ3) is 1.96. The van der Waals surface area contributed by atoms with E-state index in [2.05, 4.69) is 5.10 Å². The highest BCUT2D eigenvalue weighted by molar-refractivity contribution is 5.76. The number of rotatable bonds is 3. The van der Waals surface area contributed by atoms with Gasteiger partial charge in [-0.3, -0.25) is 9.48 Å². The number of aromatic nitrogens is 2. The monoisotopic (exact) mass is 200 g/mol. The van der Waals surface area contributed by atoms with Crippen LogP contribution in [0.15, 0.2) is 36.7 Å². The fourth-order valence-electron chi connectivity index (χ4n) is 1.44. The van der Waals surface area contributed by atoms with Crippen molar-refractivity contribution in [1.29, 1.82) is 0 Å². The largest absolute Gasteiger partial charge is 0.298 e. The average Bonchev–Trinajstić information content (AvgIpc) is 2.78. The predicted molar refractivity (Wildman–Crippen MR) is 58.7 cm³/mol. The summed E-state index contributed by atoms with van der Waals surface area (Å²) in [5, 5.41) is 4.20. The standard InChI is InChI=1S/C12H12N2O/c1-2-14-8-12(7-13-14)11-5-3-10(9-15)4-6-11/h3-9H,2H2,1H3. The summed E-state index contributed by atoms with van der Waals surface area (Å²) in [6.45, 7) is 2.92. The van der Waals surface area contributed by atoms with E-state index in [1.165, 1.54) is 0 Å². The quantitative estimate of drug-likeness (QED) is 0.713. The molecular formula is C12H12N2O. The van der Waals surface area contributed by atoms with Gasteiger partial charge >= 0.3 is 0 Å². The maximum absolute atomic E-state index is 10.5. The Morgan fingerprint density at radius 1 is 1.27 bits per heavy atom. The van der Waals surface area contributed by atoms with Crippen molar-refractivity contribution in [2.45, 2.75) is 13.5 Å². The van der Waals surface area contributed by atoms with Gasteiger partial charge in [-0.1, -0.05) is 24.3 Å². The van der Waals surface area contributed by atoms with Crippen molar-refractivity contribution in [1.82, 2.24) is 9.78 Å². The molecule has 0 aliphatic heterocycles. The van der Waals surface area contributed by atoms with Gasteiger partial charge in [-0.2, -0.15) is 5.10 Å². The topological polar surface area (TPSA) is 34.9 Å². The molecule has 0 aliphatic carbocycles. The number of hydrogen-bond donors (Lipinski definition) is 0. The van der Waals surface area contributed by atoms with E-state index in [4.69, 9.17) is 0 Å². The number of carbonyl (C=O) groups excluding carboxylic acids is 1. The zero-order valence-electron chi connectivity index (χ0n) is 8.55. The molecule has 0 saturated heterocycles. The summed E-state index contributed by atoms with van der Waals surface area (Å²) in [6.07, 6.45) is 4.68. The molecule has 1 aromatic heterocycles. The zero-order chi connectivity index (χ0) is 10.7. The Bertz CT molecular complexity index is 457. The van der Waals surface area contributed by atoms with Crippen LogP contribution < -0.4 is 0 Å². The summed E-state index contributed by atoms with van der Waals surface area (Å²) in [5.41, 5.74) is 2.86. The molecule has 15 heavy (non-hydrogen) atoms. The second-order valence-corrected chi connectivity index (χ2v) is 3.32. The smallest absolute Gasteiger partial charge is 0.150 e. The van der Waals surface area contributed by atoms with E-state index < -0.39 is 0 Å². The first-order chi connectivity index (χ1) is 7.33. The highest BCUT2D eigenvalue weighted by Crippen LogP contribution is 2.18. The van der Waals surface area contributed by atoms with Crippen LogP contribution in [0.2, 0.25) is 0 Å². The summed E-state index contributed by atoms with van der Waals surface area (Å²) in [7, 11) is 0. The van der Waals surface area contributed by atoms with Gasteiger partial charge in [0.15, 0.2) is 0 Å². The molecule has 0 spiro atoms. The SMILES string of the molecule is CCn1cc(-c2ccc(C=O)cc2)cn1. The molecule has 0 fully saturated rings. The van der Waals surface area contributed by atoms with Crippen LogP contribution in [0, 0.1) is 0 Å². The highest BCUT2D eigenvalue weighted by atomic mass is 16.1. The van der Waals surface area contributed by atoms with Crippen LogP contribution in [-0.2, 0) is 6.54 Å². The van der Waals surface area contributed by atoms with Crippen LogP contribution in [0.3, 0.4) is 0 Å². The first kappa shape index (κ1) is 9.65. The number of hydrogen-bond acceptors (Lipinski definition) is 2. The molecule has 0 radical (unpaired) electrons. The molecule has 3 heteroatoms. The summed E-state index contributed by atoms with van der Waals surface area (Å²) >= 11 is 0. The number of carbonyl (C=O) groups is 1. The normalized spacial score (nSPS) is 10.2. The van der Waals surface area contributed by atoms with Gasteiger partial charge in [0, 0.05) is 23.9 Å². The van der Waals surface area contributed by atoms with Gasteiger partial charge in [0.1, 0.15) is 6.29 Å². The second kappa shape index (κ2) is 4.09. The predicted octanol–water partition coefficient (Wildman–Crippen LogP) is 2.38. The van der Waals surface area contributed by atoms with E-state index in [0.717, 1.165) is 24.0 Å². The third-order valence-corrected chi connectivity index (χ3v) is 2.34. The number of nitrogens with zero attached hydrogens (tertiary/aromatic N) is 2. The summed E-state index contributed by atoms with van der Waals surface area (Å²) < 4.78 is 1.88. The van der Waals surface area contributed by atoms with Gasteiger partial charge in [-0.15, -0.1) is 0 Å². The van der Waals surface area contributed by atoms with Crippen LogP contribution in [-0.4, -0.2) is 16.1 Å². The Labute approximate surface area is 88.4 Å². The van der Waals surface area contributed by atoms with E-state index in [9.17, 15) is 4.79 Å². The molecule has 0 unspecified atom stereocenters. The van der Waals surface area contributed by atoms with Gasteiger partial charge in [0.05, 0.1) is 6.20 Å². The maximum atomic E-state index is 10.5. The lowest BCUT2D eigenvalue weighted by molar-refractivity contribution is 0.112. The van der Waals surface area contributed by atoms with Crippen LogP contribution in [0.5, 0.6) is 0 Å². The van der Waals surface area contributed by atoms with Crippen LogP contribution in [0.25, 0.3) is 11.1 Å². The second-order valence-electron chi connectivity index (χ2n) is 3.32. The molecule has 0 saturated carbocycles. The Morgan fingerprint density at radius 3 is 2.53 bits per heavy atom.